The van der Waals surface area contributed by atoms with Gasteiger partial charge in [-0.15, -0.1) is 0 Å². The lowest BCUT2D eigenvalue weighted by Crippen LogP contribution is -2.42. The molecule has 1 atom stereocenters. The SMILES string of the molecule is COC1=NCC(C(=O)OC(C)(C)C)C(C)(C)C1. The molecule has 98 valence electrons. The summed E-state index contributed by atoms with van der Waals surface area (Å²) >= 11 is 0. The van der Waals surface area contributed by atoms with Gasteiger partial charge < -0.3 is 9.47 Å². The largest absolute Gasteiger partial charge is 0.484 e. The van der Waals surface area contributed by atoms with Gasteiger partial charge in [-0.25, -0.2) is 0 Å². The number of esters is 1. The Morgan fingerprint density at radius 1 is 1.41 bits per heavy atom. The topological polar surface area (TPSA) is 47.9 Å². The molecular weight excluding hydrogens is 218 g/mol. The van der Waals surface area contributed by atoms with E-state index in [1.165, 1.54) is 0 Å². The number of aliphatic imine (C=N–C) groups is 1. The van der Waals surface area contributed by atoms with Crippen molar-refractivity contribution in [2.24, 2.45) is 16.3 Å². The number of carbonyl (C=O) groups excluding carboxylic acids is 1. The van der Waals surface area contributed by atoms with Crippen LogP contribution in [-0.4, -0.2) is 31.1 Å². The monoisotopic (exact) mass is 241 g/mol. The van der Waals surface area contributed by atoms with E-state index >= 15 is 0 Å². The van der Waals surface area contributed by atoms with Gasteiger partial charge in [-0.05, 0) is 26.2 Å². The summed E-state index contributed by atoms with van der Waals surface area (Å²) in [5, 5.41) is 0. The maximum absolute atomic E-state index is 12.1. The van der Waals surface area contributed by atoms with E-state index in [1.54, 1.807) is 7.11 Å². The summed E-state index contributed by atoms with van der Waals surface area (Å²) in [7, 11) is 1.61. The van der Waals surface area contributed by atoms with Crippen molar-refractivity contribution in [3.8, 4) is 0 Å². The van der Waals surface area contributed by atoms with E-state index < -0.39 is 5.60 Å². The highest BCUT2D eigenvalue weighted by Gasteiger charge is 2.41. The van der Waals surface area contributed by atoms with Gasteiger partial charge in [-0.3, -0.25) is 9.79 Å². The fourth-order valence-electron chi connectivity index (χ4n) is 1.91. The van der Waals surface area contributed by atoms with Crippen LogP contribution in [0.4, 0.5) is 0 Å². The van der Waals surface area contributed by atoms with E-state index in [9.17, 15) is 4.79 Å². The predicted octanol–water partition coefficient (Wildman–Crippen LogP) is 2.42. The first-order chi connectivity index (χ1) is 7.65. The van der Waals surface area contributed by atoms with Gasteiger partial charge in [0, 0.05) is 6.42 Å². The van der Waals surface area contributed by atoms with Crippen LogP contribution in [0.3, 0.4) is 0 Å². The lowest BCUT2D eigenvalue weighted by molar-refractivity contribution is -0.164. The van der Waals surface area contributed by atoms with Gasteiger partial charge >= 0.3 is 5.97 Å². The number of nitrogens with zero attached hydrogens (tertiary/aromatic N) is 1. The maximum Gasteiger partial charge on any atom is 0.311 e. The highest BCUT2D eigenvalue weighted by Crippen LogP contribution is 2.36. The molecule has 1 rings (SSSR count). The van der Waals surface area contributed by atoms with Crippen molar-refractivity contribution < 1.29 is 14.3 Å². The van der Waals surface area contributed by atoms with E-state index in [0.717, 1.165) is 5.90 Å². The van der Waals surface area contributed by atoms with E-state index in [2.05, 4.69) is 18.8 Å². The second-order valence-corrected chi connectivity index (χ2v) is 6.19. The molecule has 1 unspecified atom stereocenters. The highest BCUT2D eigenvalue weighted by atomic mass is 16.6. The molecule has 1 heterocycles. The van der Waals surface area contributed by atoms with Crippen LogP contribution in [-0.2, 0) is 14.3 Å². The van der Waals surface area contributed by atoms with Gasteiger partial charge in [0.1, 0.15) is 5.60 Å². The summed E-state index contributed by atoms with van der Waals surface area (Å²) in [6.45, 7) is 10.2. The average Bonchev–Trinajstić information content (AvgIpc) is 2.12. The summed E-state index contributed by atoms with van der Waals surface area (Å²) in [5.41, 5.74) is -0.617. The molecule has 0 saturated carbocycles. The minimum atomic E-state index is -0.446. The second kappa shape index (κ2) is 4.67. The highest BCUT2D eigenvalue weighted by molar-refractivity contribution is 5.82. The van der Waals surface area contributed by atoms with Gasteiger partial charge in [0.2, 0.25) is 0 Å². The molecule has 0 N–H and O–H groups in total. The van der Waals surface area contributed by atoms with Crippen LogP contribution in [0.25, 0.3) is 0 Å². The Hall–Kier alpha value is -1.06. The van der Waals surface area contributed by atoms with Crippen LogP contribution < -0.4 is 0 Å². The Morgan fingerprint density at radius 3 is 2.41 bits per heavy atom. The normalized spacial score (nSPS) is 23.9. The van der Waals surface area contributed by atoms with Crippen molar-refractivity contribution in [3.63, 3.8) is 0 Å². The zero-order chi connectivity index (χ0) is 13.3. The molecule has 0 saturated heterocycles. The van der Waals surface area contributed by atoms with Crippen LogP contribution in [0, 0.1) is 11.3 Å². The second-order valence-electron chi connectivity index (χ2n) is 6.19. The molecule has 0 spiro atoms. The van der Waals surface area contributed by atoms with E-state index in [0.29, 0.717) is 13.0 Å². The summed E-state index contributed by atoms with van der Waals surface area (Å²) in [6, 6.07) is 0. The molecule has 0 aromatic heterocycles. The third kappa shape index (κ3) is 3.72. The lowest BCUT2D eigenvalue weighted by atomic mass is 9.74. The summed E-state index contributed by atoms with van der Waals surface area (Å²) in [5.74, 6) is 0.358. The Kier molecular flexibility index (Phi) is 3.84. The molecule has 0 aliphatic carbocycles. The van der Waals surface area contributed by atoms with Gasteiger partial charge in [0.25, 0.3) is 0 Å². The number of rotatable bonds is 1. The molecule has 0 aromatic carbocycles. The third-order valence-corrected chi connectivity index (χ3v) is 2.93. The molecule has 4 heteroatoms. The molecule has 0 radical (unpaired) electrons. The van der Waals surface area contributed by atoms with Gasteiger partial charge in [-0.1, -0.05) is 13.8 Å². The maximum atomic E-state index is 12.1. The molecule has 17 heavy (non-hydrogen) atoms. The smallest absolute Gasteiger partial charge is 0.311 e. The standard InChI is InChI=1S/C13H23NO3/c1-12(2,3)17-11(15)9-8-14-10(16-6)7-13(9,4)5/h9H,7-8H2,1-6H3. The zero-order valence-corrected chi connectivity index (χ0v) is 11.7. The molecule has 1 aliphatic heterocycles. The number of hydrogen-bond acceptors (Lipinski definition) is 4. The minimum Gasteiger partial charge on any atom is -0.484 e. The zero-order valence-electron chi connectivity index (χ0n) is 11.7. The van der Waals surface area contributed by atoms with Crippen molar-refractivity contribution in [2.75, 3.05) is 13.7 Å². The minimum absolute atomic E-state index is 0.165. The van der Waals surface area contributed by atoms with Crippen LogP contribution in [0.15, 0.2) is 4.99 Å². The fourth-order valence-corrected chi connectivity index (χ4v) is 1.91. The van der Waals surface area contributed by atoms with Crippen molar-refractivity contribution in [2.45, 2.75) is 46.6 Å². The van der Waals surface area contributed by atoms with E-state index in [1.807, 2.05) is 20.8 Å². The Labute approximate surface area is 103 Å². The first kappa shape index (κ1) is 14.0. The molecule has 0 aromatic rings. The average molecular weight is 241 g/mol. The molecule has 0 amide bonds. The summed E-state index contributed by atoms with van der Waals surface area (Å²) in [6.07, 6.45) is 0.674. The quantitative estimate of drug-likeness (QED) is 0.662. The number of ether oxygens (including phenoxy) is 2. The molecular formula is C13H23NO3. The first-order valence-corrected chi connectivity index (χ1v) is 5.96. The number of methoxy groups -OCH3 is 1. The van der Waals surface area contributed by atoms with Gasteiger partial charge in [-0.2, -0.15) is 0 Å². The van der Waals surface area contributed by atoms with Gasteiger partial charge in [0.15, 0.2) is 5.90 Å². The first-order valence-electron chi connectivity index (χ1n) is 5.96. The van der Waals surface area contributed by atoms with Crippen LogP contribution in [0.1, 0.15) is 41.0 Å². The Balaban J connectivity index is 2.78. The fraction of sp³-hybridized carbons (Fsp3) is 0.846. The number of carbonyl (C=O) groups is 1. The Morgan fingerprint density at radius 2 is 2.00 bits per heavy atom. The van der Waals surface area contributed by atoms with Crippen molar-refractivity contribution >= 4 is 11.9 Å². The summed E-state index contributed by atoms with van der Waals surface area (Å²) < 4.78 is 10.6. The Bertz CT molecular complexity index is 326. The van der Waals surface area contributed by atoms with Crippen molar-refractivity contribution in [3.05, 3.63) is 0 Å². The van der Waals surface area contributed by atoms with Crippen LogP contribution in [0.2, 0.25) is 0 Å². The lowest BCUT2D eigenvalue weighted by Gasteiger charge is -2.36. The van der Waals surface area contributed by atoms with Crippen molar-refractivity contribution in [1.29, 1.82) is 0 Å². The molecule has 4 nitrogen and oxygen atoms in total. The molecule has 0 fully saturated rings. The van der Waals surface area contributed by atoms with Crippen LogP contribution in [0.5, 0.6) is 0 Å². The molecule has 1 aliphatic rings. The summed E-state index contributed by atoms with van der Waals surface area (Å²) in [4.78, 5) is 16.4. The number of hydrogen-bond donors (Lipinski definition) is 0. The molecule has 0 bridgehead atoms. The third-order valence-electron chi connectivity index (χ3n) is 2.93. The van der Waals surface area contributed by atoms with Crippen LogP contribution >= 0.6 is 0 Å². The van der Waals surface area contributed by atoms with E-state index in [-0.39, 0.29) is 17.3 Å². The van der Waals surface area contributed by atoms with Crippen molar-refractivity contribution in [1.82, 2.24) is 0 Å². The van der Waals surface area contributed by atoms with E-state index in [4.69, 9.17) is 9.47 Å². The van der Waals surface area contributed by atoms with Gasteiger partial charge in [0.05, 0.1) is 19.6 Å². The predicted molar refractivity (Wildman–Crippen MR) is 67.0 cm³/mol.